The molecule has 2 heterocycles. The van der Waals surface area contributed by atoms with Gasteiger partial charge in [-0.05, 0) is 38.8 Å². The Bertz CT molecular complexity index is 903. The van der Waals surface area contributed by atoms with Crippen LogP contribution in [0.25, 0.3) is 0 Å². The molecule has 0 unspecified atom stereocenters. The summed E-state index contributed by atoms with van der Waals surface area (Å²) in [7, 11) is 0. The lowest BCUT2D eigenvalue weighted by Gasteiger charge is -2.21. The van der Waals surface area contributed by atoms with Crippen LogP contribution in [-0.2, 0) is 11.2 Å². The molecule has 1 aromatic carbocycles. The second-order valence-electron chi connectivity index (χ2n) is 6.94. The van der Waals surface area contributed by atoms with E-state index in [2.05, 4.69) is 15.3 Å². The number of H-pyrrole nitrogens is 1. The van der Waals surface area contributed by atoms with Gasteiger partial charge in [-0.2, -0.15) is 4.98 Å². The maximum Gasteiger partial charge on any atom is 0.345 e. The van der Waals surface area contributed by atoms with Crippen LogP contribution >= 0.6 is 0 Å². The molecule has 4 rings (SSSR count). The lowest BCUT2D eigenvalue weighted by Crippen LogP contribution is -2.34. The van der Waals surface area contributed by atoms with Gasteiger partial charge in [0.25, 0.3) is 5.79 Å². The highest BCUT2D eigenvalue weighted by Gasteiger charge is 2.44. The molecule has 1 amide bonds. The summed E-state index contributed by atoms with van der Waals surface area (Å²) < 4.78 is 12.0. The van der Waals surface area contributed by atoms with Gasteiger partial charge < -0.3 is 19.8 Å². The van der Waals surface area contributed by atoms with Crippen molar-refractivity contribution in [3.8, 4) is 11.5 Å². The number of ether oxygens (including phenoxy) is 2. The van der Waals surface area contributed by atoms with Crippen LogP contribution in [0, 0.1) is 13.8 Å². The molecule has 7 heteroatoms. The predicted octanol–water partition coefficient (Wildman–Crippen LogP) is 2.61. The van der Waals surface area contributed by atoms with Crippen molar-refractivity contribution in [2.45, 2.75) is 51.7 Å². The van der Waals surface area contributed by atoms with Crippen LogP contribution in [0.15, 0.2) is 23.0 Å². The molecular formula is C19H21N3O4. The zero-order valence-electron chi connectivity index (χ0n) is 14.8. The Morgan fingerprint density at radius 3 is 2.69 bits per heavy atom. The number of aromatic nitrogens is 2. The monoisotopic (exact) mass is 355 g/mol. The topological polar surface area (TPSA) is 93.3 Å². The molecule has 0 saturated heterocycles. The van der Waals surface area contributed by atoms with E-state index in [1.54, 1.807) is 26.0 Å². The van der Waals surface area contributed by atoms with Gasteiger partial charge in [-0.3, -0.25) is 4.79 Å². The standard InChI is InChI=1S/C19H21N3O4/c1-11-14(12(2)21-18(24)20-11)10-17(23)22-13-5-6-15-16(9-13)26-19(25-15)7-3-4-8-19/h5-6,9H,3-4,7-8,10H2,1-2H3,(H,22,23)(H,20,21,24). The van der Waals surface area contributed by atoms with E-state index in [9.17, 15) is 9.59 Å². The molecule has 2 N–H and O–H groups in total. The van der Waals surface area contributed by atoms with Crippen molar-refractivity contribution in [2.75, 3.05) is 5.32 Å². The number of amides is 1. The fourth-order valence-electron chi connectivity index (χ4n) is 3.67. The smallest absolute Gasteiger partial charge is 0.345 e. The third kappa shape index (κ3) is 3.05. The number of carbonyl (C=O) groups is 1. The fraction of sp³-hybridized carbons (Fsp3) is 0.421. The van der Waals surface area contributed by atoms with Gasteiger partial charge in [0.1, 0.15) is 0 Å². The van der Waals surface area contributed by atoms with Crippen molar-refractivity contribution in [2.24, 2.45) is 0 Å². The summed E-state index contributed by atoms with van der Waals surface area (Å²) in [5.74, 6) is 0.699. The van der Waals surface area contributed by atoms with E-state index in [1.165, 1.54) is 0 Å². The Labute approximate surface area is 150 Å². The van der Waals surface area contributed by atoms with Crippen LogP contribution in [0.3, 0.4) is 0 Å². The fourth-order valence-corrected chi connectivity index (χ4v) is 3.67. The van der Waals surface area contributed by atoms with Crippen molar-refractivity contribution in [1.29, 1.82) is 0 Å². The Balaban J connectivity index is 1.47. The third-order valence-corrected chi connectivity index (χ3v) is 4.98. The molecular weight excluding hydrogens is 334 g/mol. The number of hydrogen-bond donors (Lipinski definition) is 2. The van der Waals surface area contributed by atoms with E-state index in [4.69, 9.17) is 9.47 Å². The summed E-state index contributed by atoms with van der Waals surface area (Å²) in [6.45, 7) is 3.49. The molecule has 1 spiro atoms. The number of nitrogens with one attached hydrogen (secondary N) is 2. The predicted molar refractivity (Wildman–Crippen MR) is 95.6 cm³/mol. The first kappa shape index (κ1) is 16.6. The maximum atomic E-state index is 12.4. The van der Waals surface area contributed by atoms with Gasteiger partial charge in [-0.1, -0.05) is 0 Å². The number of aryl methyl sites for hydroxylation is 2. The highest BCUT2D eigenvalue weighted by Crippen LogP contribution is 2.47. The van der Waals surface area contributed by atoms with Gasteiger partial charge in [0.15, 0.2) is 11.5 Å². The van der Waals surface area contributed by atoms with Crippen molar-refractivity contribution in [3.63, 3.8) is 0 Å². The van der Waals surface area contributed by atoms with Crippen LogP contribution in [-0.4, -0.2) is 21.7 Å². The first-order valence-corrected chi connectivity index (χ1v) is 8.82. The van der Waals surface area contributed by atoms with E-state index >= 15 is 0 Å². The first-order chi connectivity index (χ1) is 12.4. The van der Waals surface area contributed by atoms with E-state index in [-0.39, 0.29) is 12.3 Å². The Hall–Kier alpha value is -2.83. The quantitative estimate of drug-likeness (QED) is 0.883. The van der Waals surface area contributed by atoms with Crippen molar-refractivity contribution in [3.05, 3.63) is 45.6 Å². The molecule has 0 bridgehead atoms. The van der Waals surface area contributed by atoms with Crippen LogP contribution in [0.2, 0.25) is 0 Å². The van der Waals surface area contributed by atoms with Crippen molar-refractivity contribution >= 4 is 11.6 Å². The highest BCUT2D eigenvalue weighted by molar-refractivity contribution is 5.92. The minimum absolute atomic E-state index is 0.139. The normalized spacial score (nSPS) is 16.8. The summed E-state index contributed by atoms with van der Waals surface area (Å²) in [4.78, 5) is 30.3. The number of hydrogen-bond acceptors (Lipinski definition) is 5. The van der Waals surface area contributed by atoms with E-state index < -0.39 is 11.5 Å². The van der Waals surface area contributed by atoms with Crippen LogP contribution < -0.4 is 20.5 Å². The molecule has 1 aliphatic heterocycles. The summed E-state index contributed by atoms with van der Waals surface area (Å²) in [5, 5.41) is 2.87. The lowest BCUT2D eigenvalue weighted by atomic mass is 10.1. The maximum absolute atomic E-state index is 12.4. The summed E-state index contributed by atoms with van der Waals surface area (Å²) in [6.07, 6.45) is 4.12. The number of benzene rings is 1. The minimum Gasteiger partial charge on any atom is -0.448 e. The van der Waals surface area contributed by atoms with Crippen LogP contribution in [0.4, 0.5) is 5.69 Å². The van der Waals surface area contributed by atoms with Crippen molar-refractivity contribution in [1.82, 2.24) is 9.97 Å². The largest absolute Gasteiger partial charge is 0.448 e. The summed E-state index contributed by atoms with van der Waals surface area (Å²) in [5.41, 5.74) is 2.20. The first-order valence-electron chi connectivity index (χ1n) is 8.82. The van der Waals surface area contributed by atoms with E-state index in [0.717, 1.165) is 37.0 Å². The molecule has 26 heavy (non-hydrogen) atoms. The minimum atomic E-state index is -0.513. The van der Waals surface area contributed by atoms with Crippen LogP contribution in [0.1, 0.15) is 42.6 Å². The zero-order chi connectivity index (χ0) is 18.3. The Morgan fingerprint density at radius 2 is 1.96 bits per heavy atom. The number of aromatic amines is 1. The van der Waals surface area contributed by atoms with Gasteiger partial charge >= 0.3 is 5.69 Å². The second kappa shape index (κ2) is 6.16. The molecule has 2 aliphatic rings. The summed E-state index contributed by atoms with van der Waals surface area (Å²) >= 11 is 0. The van der Waals surface area contributed by atoms with Gasteiger partial charge in [-0.25, -0.2) is 4.79 Å². The number of fused-ring (bicyclic) bond motifs is 1. The van der Waals surface area contributed by atoms with Gasteiger partial charge in [0.2, 0.25) is 5.91 Å². The number of carbonyl (C=O) groups excluding carboxylic acids is 1. The number of nitrogens with zero attached hydrogens (tertiary/aromatic N) is 1. The number of rotatable bonds is 3. The van der Waals surface area contributed by atoms with Gasteiger partial charge in [-0.15, -0.1) is 0 Å². The third-order valence-electron chi connectivity index (χ3n) is 4.98. The SMILES string of the molecule is Cc1nc(=O)[nH]c(C)c1CC(=O)Nc1ccc2c(c1)OC1(CCCC1)O2. The molecule has 1 aliphatic carbocycles. The van der Waals surface area contributed by atoms with Gasteiger partial charge in [0.05, 0.1) is 6.42 Å². The molecule has 1 saturated carbocycles. The zero-order valence-corrected chi connectivity index (χ0v) is 14.8. The highest BCUT2D eigenvalue weighted by atomic mass is 16.7. The molecule has 136 valence electrons. The van der Waals surface area contributed by atoms with Crippen LogP contribution in [0.5, 0.6) is 11.5 Å². The molecule has 0 atom stereocenters. The Kier molecular flexibility index (Phi) is 3.94. The molecule has 0 radical (unpaired) electrons. The lowest BCUT2D eigenvalue weighted by molar-refractivity contribution is -0.115. The van der Waals surface area contributed by atoms with Crippen molar-refractivity contribution < 1.29 is 14.3 Å². The van der Waals surface area contributed by atoms with E-state index in [0.29, 0.717) is 22.8 Å². The van der Waals surface area contributed by atoms with E-state index in [1.807, 2.05) is 6.07 Å². The molecule has 1 fully saturated rings. The number of anilines is 1. The second-order valence-corrected chi connectivity index (χ2v) is 6.94. The van der Waals surface area contributed by atoms with Gasteiger partial charge in [0, 0.05) is 41.5 Å². The molecule has 7 nitrogen and oxygen atoms in total. The summed E-state index contributed by atoms with van der Waals surface area (Å²) in [6, 6.07) is 5.43. The average molecular weight is 355 g/mol. The molecule has 2 aromatic rings. The average Bonchev–Trinajstić information content (AvgIpc) is 3.16. The molecule has 1 aromatic heterocycles. The Morgan fingerprint density at radius 1 is 1.23 bits per heavy atom.